The maximum Gasteiger partial charge on any atom is 0.275 e. The van der Waals surface area contributed by atoms with Crippen molar-refractivity contribution in [3.05, 3.63) is 34.8 Å². The Morgan fingerprint density at radius 1 is 1.25 bits per heavy atom. The largest absolute Gasteiger partial charge is 0.326 e. The molecule has 3 rings (SSSR count). The van der Waals surface area contributed by atoms with E-state index in [9.17, 15) is 14.4 Å². The van der Waals surface area contributed by atoms with Gasteiger partial charge in [-0.25, -0.2) is 4.98 Å². The van der Waals surface area contributed by atoms with Crippen LogP contribution in [0.4, 0.5) is 16.5 Å². The number of rotatable bonds is 3. The summed E-state index contributed by atoms with van der Waals surface area (Å²) in [5.74, 6) is -0.567. The van der Waals surface area contributed by atoms with Crippen LogP contribution in [-0.4, -0.2) is 22.7 Å². The van der Waals surface area contributed by atoms with E-state index in [-0.39, 0.29) is 23.4 Å². The zero-order chi connectivity index (χ0) is 17.1. The van der Waals surface area contributed by atoms with E-state index in [1.54, 1.807) is 17.5 Å². The van der Waals surface area contributed by atoms with Crippen LogP contribution in [0.3, 0.4) is 0 Å². The van der Waals surface area contributed by atoms with Gasteiger partial charge < -0.3 is 16.0 Å². The second kappa shape index (κ2) is 6.79. The average molecular weight is 344 g/mol. The highest BCUT2D eigenvalue weighted by molar-refractivity contribution is 7.14. The number of hydrogen-bond acceptors (Lipinski definition) is 5. The highest BCUT2D eigenvalue weighted by Crippen LogP contribution is 2.26. The first-order valence-electron chi connectivity index (χ1n) is 7.48. The number of hydrogen-bond donors (Lipinski definition) is 3. The zero-order valence-corrected chi connectivity index (χ0v) is 13.8. The summed E-state index contributed by atoms with van der Waals surface area (Å²) in [5, 5.41) is 10.2. The quantitative estimate of drug-likeness (QED) is 0.797. The molecule has 3 N–H and O–H groups in total. The van der Waals surface area contributed by atoms with Crippen LogP contribution in [0, 0.1) is 0 Å². The lowest BCUT2D eigenvalue weighted by molar-refractivity contribution is -0.116. The Hall–Kier alpha value is -2.74. The molecule has 1 aromatic heterocycles. The van der Waals surface area contributed by atoms with Crippen LogP contribution in [0.25, 0.3) is 0 Å². The number of amides is 3. The van der Waals surface area contributed by atoms with Gasteiger partial charge in [0.2, 0.25) is 11.8 Å². The minimum Gasteiger partial charge on any atom is -0.326 e. The number of carbonyl (C=O) groups is 3. The maximum atomic E-state index is 12.3. The van der Waals surface area contributed by atoms with Crippen molar-refractivity contribution in [2.24, 2.45) is 0 Å². The number of aromatic nitrogens is 1. The van der Waals surface area contributed by atoms with Crippen LogP contribution in [0.5, 0.6) is 0 Å². The van der Waals surface area contributed by atoms with Crippen molar-refractivity contribution in [3.8, 4) is 0 Å². The third kappa shape index (κ3) is 3.77. The van der Waals surface area contributed by atoms with Crippen molar-refractivity contribution in [2.45, 2.75) is 26.2 Å². The number of nitrogens with one attached hydrogen (secondary N) is 3. The lowest BCUT2D eigenvalue weighted by Crippen LogP contribution is -2.13. The lowest BCUT2D eigenvalue weighted by Gasteiger charge is -2.10. The molecule has 7 nitrogen and oxygen atoms in total. The first kappa shape index (κ1) is 16.1. The monoisotopic (exact) mass is 344 g/mol. The molecule has 1 aliphatic heterocycles. The topological polar surface area (TPSA) is 100 Å². The van der Waals surface area contributed by atoms with Gasteiger partial charge in [0, 0.05) is 30.1 Å². The zero-order valence-electron chi connectivity index (χ0n) is 13.0. The predicted octanol–water partition coefficient (Wildman–Crippen LogP) is 2.63. The molecule has 2 heterocycles. The van der Waals surface area contributed by atoms with E-state index in [0.29, 0.717) is 17.2 Å². The second-order valence-corrected chi connectivity index (χ2v) is 6.30. The molecular formula is C16H16N4O3S. The molecule has 0 radical (unpaired) electrons. The molecule has 1 aromatic carbocycles. The number of carbonyl (C=O) groups excluding carboxylic acids is 3. The van der Waals surface area contributed by atoms with Gasteiger partial charge in [0.1, 0.15) is 5.69 Å². The van der Waals surface area contributed by atoms with Crippen molar-refractivity contribution in [3.63, 3.8) is 0 Å². The van der Waals surface area contributed by atoms with E-state index in [1.807, 2.05) is 6.07 Å². The summed E-state index contributed by atoms with van der Waals surface area (Å²) in [5.41, 5.74) is 2.67. The summed E-state index contributed by atoms with van der Waals surface area (Å²) < 4.78 is 0. The van der Waals surface area contributed by atoms with Gasteiger partial charge >= 0.3 is 0 Å². The van der Waals surface area contributed by atoms with Crippen molar-refractivity contribution in [2.75, 3.05) is 16.0 Å². The molecule has 0 spiro atoms. The standard InChI is InChI=1S/C16H16N4O3S/c1-9(21)17-16-20-13(8-24-16)15(23)18-11-5-6-12-10(7-11)3-2-4-14(22)19-12/h5-8H,2-4H2,1H3,(H,18,23)(H,19,22)(H,17,20,21). The molecule has 0 bridgehead atoms. The number of aryl methyl sites for hydroxylation is 1. The molecule has 8 heteroatoms. The van der Waals surface area contributed by atoms with Crippen molar-refractivity contribution in [1.29, 1.82) is 0 Å². The molecule has 3 amide bonds. The number of thiazole rings is 1. The van der Waals surface area contributed by atoms with E-state index < -0.39 is 0 Å². The Morgan fingerprint density at radius 3 is 2.88 bits per heavy atom. The van der Waals surface area contributed by atoms with Gasteiger partial charge in [-0.3, -0.25) is 14.4 Å². The molecule has 124 valence electrons. The first-order valence-corrected chi connectivity index (χ1v) is 8.36. The van der Waals surface area contributed by atoms with Gasteiger partial charge in [-0.1, -0.05) is 0 Å². The third-order valence-electron chi connectivity index (χ3n) is 3.51. The van der Waals surface area contributed by atoms with Crippen molar-refractivity contribution >= 4 is 45.6 Å². The Bertz CT molecular complexity index is 815. The van der Waals surface area contributed by atoms with Gasteiger partial charge in [0.25, 0.3) is 5.91 Å². The minimum atomic E-state index is -0.347. The fourth-order valence-corrected chi connectivity index (χ4v) is 3.17. The highest BCUT2D eigenvalue weighted by Gasteiger charge is 2.15. The van der Waals surface area contributed by atoms with Crippen LogP contribution in [0.1, 0.15) is 35.8 Å². The van der Waals surface area contributed by atoms with E-state index in [4.69, 9.17) is 0 Å². The lowest BCUT2D eigenvalue weighted by atomic mass is 10.1. The van der Waals surface area contributed by atoms with Gasteiger partial charge in [-0.2, -0.15) is 0 Å². The number of fused-ring (bicyclic) bond motifs is 1. The van der Waals surface area contributed by atoms with Gasteiger partial charge in [0.15, 0.2) is 5.13 Å². The number of benzene rings is 1. The molecule has 0 saturated carbocycles. The van der Waals surface area contributed by atoms with Crippen molar-refractivity contribution < 1.29 is 14.4 Å². The normalized spacial score (nSPS) is 13.5. The summed E-state index contributed by atoms with van der Waals surface area (Å²) in [4.78, 5) is 38.9. The van der Waals surface area contributed by atoms with E-state index in [1.165, 1.54) is 18.3 Å². The fourth-order valence-electron chi connectivity index (χ4n) is 2.43. The third-order valence-corrected chi connectivity index (χ3v) is 4.26. The molecule has 0 aliphatic carbocycles. The molecule has 1 aliphatic rings. The molecule has 0 saturated heterocycles. The molecule has 2 aromatic rings. The van der Waals surface area contributed by atoms with E-state index in [2.05, 4.69) is 20.9 Å². The average Bonchev–Trinajstić information content (AvgIpc) is 2.89. The minimum absolute atomic E-state index is 0.0125. The van der Waals surface area contributed by atoms with Crippen LogP contribution in [-0.2, 0) is 16.0 Å². The van der Waals surface area contributed by atoms with Gasteiger partial charge in [-0.15, -0.1) is 11.3 Å². The summed E-state index contributed by atoms with van der Waals surface area (Å²) in [7, 11) is 0. The second-order valence-electron chi connectivity index (χ2n) is 5.45. The summed E-state index contributed by atoms with van der Waals surface area (Å²) in [6.45, 7) is 1.38. The molecular weight excluding hydrogens is 328 g/mol. The SMILES string of the molecule is CC(=O)Nc1nc(C(=O)Nc2ccc3c(c2)CCCC(=O)N3)cs1. The summed E-state index contributed by atoms with van der Waals surface area (Å²) >= 11 is 1.19. The van der Waals surface area contributed by atoms with Crippen LogP contribution in [0.15, 0.2) is 23.6 Å². The first-order chi connectivity index (χ1) is 11.5. The summed E-state index contributed by atoms with van der Waals surface area (Å²) in [6, 6.07) is 5.39. The maximum absolute atomic E-state index is 12.3. The molecule has 24 heavy (non-hydrogen) atoms. The Morgan fingerprint density at radius 2 is 2.08 bits per heavy atom. The van der Waals surface area contributed by atoms with Crippen LogP contribution < -0.4 is 16.0 Å². The fraction of sp³-hybridized carbons (Fsp3) is 0.250. The van der Waals surface area contributed by atoms with Crippen molar-refractivity contribution in [1.82, 2.24) is 4.98 Å². The van der Waals surface area contributed by atoms with E-state index >= 15 is 0 Å². The Labute approximate surface area is 142 Å². The number of anilines is 3. The van der Waals surface area contributed by atoms with Crippen LogP contribution in [0.2, 0.25) is 0 Å². The smallest absolute Gasteiger partial charge is 0.275 e. The van der Waals surface area contributed by atoms with Gasteiger partial charge in [-0.05, 0) is 36.6 Å². The molecule has 0 unspecified atom stereocenters. The molecule has 0 fully saturated rings. The Balaban J connectivity index is 1.72. The van der Waals surface area contributed by atoms with Gasteiger partial charge in [0.05, 0.1) is 0 Å². The summed E-state index contributed by atoms with van der Waals surface area (Å²) in [6.07, 6.45) is 2.06. The highest BCUT2D eigenvalue weighted by atomic mass is 32.1. The van der Waals surface area contributed by atoms with E-state index in [0.717, 1.165) is 24.1 Å². The number of nitrogens with zero attached hydrogens (tertiary/aromatic N) is 1. The predicted molar refractivity (Wildman–Crippen MR) is 92.4 cm³/mol. The molecule has 0 atom stereocenters. The van der Waals surface area contributed by atoms with Crippen LogP contribution >= 0.6 is 11.3 Å². The Kier molecular flexibility index (Phi) is 4.57.